The monoisotopic (exact) mass is 348 g/mol. The number of nitrogens with zero attached hydrogens (tertiary/aromatic N) is 3. The molecule has 0 unspecified atom stereocenters. The minimum atomic E-state index is -0.176. The van der Waals surface area contributed by atoms with Gasteiger partial charge in [0.05, 0.1) is 12.1 Å². The molecule has 1 aromatic heterocycles. The van der Waals surface area contributed by atoms with E-state index in [1.54, 1.807) is 24.2 Å². The maximum atomic E-state index is 12.2. The van der Waals surface area contributed by atoms with E-state index in [2.05, 4.69) is 10.3 Å². The largest absolute Gasteiger partial charge is 0.339 e. The van der Waals surface area contributed by atoms with Gasteiger partial charge in [-0.1, -0.05) is 0 Å². The normalized spacial score (nSPS) is 13.6. The molecule has 6 nitrogen and oxygen atoms in total. The molecule has 8 heteroatoms. The van der Waals surface area contributed by atoms with Gasteiger partial charge in [-0.2, -0.15) is 0 Å². The van der Waals surface area contributed by atoms with Crippen LogP contribution in [0.1, 0.15) is 15.9 Å². The number of aryl methyl sites for hydroxylation is 1. The van der Waals surface area contributed by atoms with Crippen molar-refractivity contribution in [2.45, 2.75) is 6.92 Å². The van der Waals surface area contributed by atoms with E-state index in [-0.39, 0.29) is 43.2 Å². The number of hydrogen-bond donors (Lipinski definition) is 1. The van der Waals surface area contributed by atoms with Crippen molar-refractivity contribution in [1.82, 2.24) is 20.1 Å². The fraction of sp³-hybridized carbons (Fsp3) is 0.500. The summed E-state index contributed by atoms with van der Waals surface area (Å²) in [6, 6.07) is 1.78. The molecule has 1 aliphatic heterocycles. The Morgan fingerprint density at radius 3 is 2.50 bits per heavy atom. The summed E-state index contributed by atoms with van der Waals surface area (Å²) < 4.78 is 0. The van der Waals surface area contributed by atoms with E-state index in [1.807, 2.05) is 6.92 Å². The molecule has 1 saturated heterocycles. The van der Waals surface area contributed by atoms with Gasteiger partial charge in [0.2, 0.25) is 5.91 Å². The maximum absolute atomic E-state index is 12.2. The number of halogens is 2. The van der Waals surface area contributed by atoms with E-state index >= 15 is 0 Å². The zero-order chi connectivity index (χ0) is 14.5. The minimum Gasteiger partial charge on any atom is -0.339 e. The molecule has 2 rings (SSSR count). The van der Waals surface area contributed by atoms with Gasteiger partial charge in [0.15, 0.2) is 0 Å². The van der Waals surface area contributed by atoms with E-state index in [0.29, 0.717) is 18.7 Å². The second-order valence-corrected chi connectivity index (χ2v) is 5.04. The lowest BCUT2D eigenvalue weighted by Crippen LogP contribution is -2.49. The third-order valence-corrected chi connectivity index (χ3v) is 3.31. The predicted molar refractivity (Wildman–Crippen MR) is 89.9 cm³/mol. The fourth-order valence-electron chi connectivity index (χ4n) is 2.18. The molecular weight excluding hydrogens is 327 g/mol. The third-order valence-electron chi connectivity index (χ3n) is 3.31. The summed E-state index contributed by atoms with van der Waals surface area (Å²) in [5, 5.41) is 3.20. The van der Waals surface area contributed by atoms with Gasteiger partial charge < -0.3 is 15.1 Å². The summed E-state index contributed by atoms with van der Waals surface area (Å²) in [6.07, 6.45) is 3.23. The molecule has 0 saturated carbocycles. The first-order chi connectivity index (χ1) is 9.58. The average molecular weight is 349 g/mol. The maximum Gasteiger partial charge on any atom is 0.255 e. The Balaban J connectivity index is 0.00000220. The molecule has 0 aromatic carbocycles. The van der Waals surface area contributed by atoms with Crippen LogP contribution in [0.15, 0.2) is 18.5 Å². The highest BCUT2D eigenvalue weighted by Crippen LogP contribution is 2.05. The second kappa shape index (κ2) is 9.61. The number of likely N-dealkylation sites (N-methyl/N-ethyl adjacent to an activating group) is 1. The molecule has 1 N–H and O–H groups in total. The van der Waals surface area contributed by atoms with Crippen molar-refractivity contribution in [3.63, 3.8) is 0 Å². The number of pyridine rings is 1. The summed E-state index contributed by atoms with van der Waals surface area (Å²) in [7, 11) is 1.64. The summed E-state index contributed by atoms with van der Waals surface area (Å²) in [6.45, 7) is 5.01. The molecule has 1 aromatic rings. The van der Waals surface area contributed by atoms with Crippen molar-refractivity contribution in [2.24, 2.45) is 0 Å². The number of carbonyl (C=O) groups excluding carboxylic acids is 2. The van der Waals surface area contributed by atoms with Crippen molar-refractivity contribution >= 4 is 36.6 Å². The van der Waals surface area contributed by atoms with Crippen molar-refractivity contribution in [1.29, 1.82) is 0 Å². The Labute approximate surface area is 143 Å². The van der Waals surface area contributed by atoms with E-state index in [0.717, 1.165) is 18.7 Å². The molecular formula is C14H22Cl2N4O2. The third kappa shape index (κ3) is 5.44. The standard InChI is InChI=1S/C14H20N4O2.2ClH/c1-11-7-12(9-16-8-11)14(20)17(2)10-13(19)18-5-3-15-4-6-18;;/h7-9,15H,3-6,10H2,1-2H3;2*1H. The Morgan fingerprint density at radius 2 is 1.91 bits per heavy atom. The van der Waals surface area contributed by atoms with E-state index in [4.69, 9.17) is 0 Å². The van der Waals surface area contributed by atoms with Crippen LogP contribution in [0.4, 0.5) is 0 Å². The number of piperazine rings is 1. The molecule has 1 fully saturated rings. The Morgan fingerprint density at radius 1 is 1.27 bits per heavy atom. The lowest BCUT2D eigenvalue weighted by molar-refractivity contribution is -0.132. The van der Waals surface area contributed by atoms with Crippen LogP contribution in [-0.4, -0.2) is 66.4 Å². The highest BCUT2D eigenvalue weighted by atomic mass is 35.5. The SMILES string of the molecule is Cc1cncc(C(=O)N(C)CC(=O)N2CCNCC2)c1.Cl.Cl. The van der Waals surface area contributed by atoms with Crippen LogP contribution in [0.5, 0.6) is 0 Å². The number of carbonyl (C=O) groups is 2. The Kier molecular flexibility index (Phi) is 9.01. The van der Waals surface area contributed by atoms with Crippen molar-refractivity contribution in [3.8, 4) is 0 Å². The second-order valence-electron chi connectivity index (χ2n) is 5.04. The number of aromatic nitrogens is 1. The molecule has 0 radical (unpaired) electrons. The van der Waals surface area contributed by atoms with Gasteiger partial charge in [0.1, 0.15) is 0 Å². The predicted octanol–water partition coefficient (Wildman–Crippen LogP) is 0.737. The average Bonchev–Trinajstić information content (AvgIpc) is 2.47. The van der Waals surface area contributed by atoms with Crippen LogP contribution < -0.4 is 5.32 Å². The van der Waals surface area contributed by atoms with Crippen molar-refractivity contribution in [2.75, 3.05) is 39.8 Å². The Hall–Kier alpha value is -1.37. The van der Waals surface area contributed by atoms with Crippen LogP contribution >= 0.6 is 24.8 Å². The minimum absolute atomic E-state index is 0. The van der Waals surface area contributed by atoms with E-state index in [9.17, 15) is 9.59 Å². The first-order valence-corrected chi connectivity index (χ1v) is 6.73. The van der Waals surface area contributed by atoms with Gasteiger partial charge in [0.25, 0.3) is 5.91 Å². The van der Waals surface area contributed by atoms with Crippen molar-refractivity contribution in [3.05, 3.63) is 29.6 Å². The zero-order valence-electron chi connectivity index (χ0n) is 12.7. The van der Waals surface area contributed by atoms with Crippen LogP contribution in [0.25, 0.3) is 0 Å². The topological polar surface area (TPSA) is 65.5 Å². The number of nitrogens with one attached hydrogen (secondary N) is 1. The van der Waals surface area contributed by atoms with Gasteiger partial charge in [-0.25, -0.2) is 0 Å². The fourth-order valence-corrected chi connectivity index (χ4v) is 2.18. The van der Waals surface area contributed by atoms with E-state index in [1.165, 1.54) is 11.1 Å². The van der Waals surface area contributed by atoms with Gasteiger partial charge in [-0.15, -0.1) is 24.8 Å². The molecule has 0 bridgehead atoms. The molecule has 124 valence electrons. The smallest absolute Gasteiger partial charge is 0.255 e. The molecule has 2 amide bonds. The zero-order valence-corrected chi connectivity index (χ0v) is 14.4. The first-order valence-electron chi connectivity index (χ1n) is 6.73. The van der Waals surface area contributed by atoms with Crippen LogP contribution in [0.2, 0.25) is 0 Å². The van der Waals surface area contributed by atoms with Crippen LogP contribution in [-0.2, 0) is 4.79 Å². The van der Waals surface area contributed by atoms with Gasteiger partial charge in [0, 0.05) is 45.6 Å². The number of rotatable bonds is 3. The highest BCUT2D eigenvalue weighted by molar-refractivity contribution is 5.96. The summed E-state index contributed by atoms with van der Waals surface area (Å²) >= 11 is 0. The number of hydrogen-bond acceptors (Lipinski definition) is 4. The lowest BCUT2D eigenvalue weighted by Gasteiger charge is -2.29. The highest BCUT2D eigenvalue weighted by Gasteiger charge is 2.20. The van der Waals surface area contributed by atoms with Gasteiger partial charge in [-0.3, -0.25) is 14.6 Å². The molecule has 22 heavy (non-hydrogen) atoms. The van der Waals surface area contributed by atoms with Crippen molar-refractivity contribution < 1.29 is 9.59 Å². The van der Waals surface area contributed by atoms with E-state index < -0.39 is 0 Å². The summed E-state index contributed by atoms with van der Waals surface area (Å²) in [4.78, 5) is 31.6. The Bertz CT molecular complexity index is 507. The van der Waals surface area contributed by atoms with Gasteiger partial charge >= 0.3 is 0 Å². The van der Waals surface area contributed by atoms with Crippen LogP contribution in [0, 0.1) is 6.92 Å². The summed E-state index contributed by atoms with van der Waals surface area (Å²) in [5.74, 6) is -0.187. The molecule has 2 heterocycles. The molecule has 0 aliphatic carbocycles. The summed E-state index contributed by atoms with van der Waals surface area (Å²) in [5.41, 5.74) is 1.44. The molecule has 0 spiro atoms. The quantitative estimate of drug-likeness (QED) is 0.874. The van der Waals surface area contributed by atoms with Gasteiger partial charge in [-0.05, 0) is 18.6 Å². The first kappa shape index (κ1) is 20.6. The number of amides is 2. The molecule has 0 atom stereocenters. The lowest BCUT2D eigenvalue weighted by atomic mass is 10.2. The van der Waals surface area contributed by atoms with Crippen LogP contribution in [0.3, 0.4) is 0 Å². The molecule has 1 aliphatic rings.